The first-order valence-corrected chi connectivity index (χ1v) is 30.7. The standard InChI is InChI=1S/C42H34N3O.C18H24GeN.Ir/c1-26(2)34-24-30(28-14-7-5-8-15-28)25-35(27(3)4)39(34)45-38-21-12-11-20-37(38)43-41(45)33-19-13-18-31-32-22-23-36(29-16-9-6-10-17-29)44-42(32)46-40(31)33;1-14(2)11-16-12-18(15-9-7-6-8-10-15)20-13-17(16)19(3,4)5;/h5-18,20-27H,1-4H3;6-9,12-14H,11H2,1-5H3;/q2*-1;. The van der Waals surface area contributed by atoms with Gasteiger partial charge in [0.15, 0.2) is 0 Å². The predicted octanol–water partition coefficient (Wildman–Crippen LogP) is 15.7. The van der Waals surface area contributed by atoms with Crippen molar-refractivity contribution < 1.29 is 24.5 Å². The number of pyridine rings is 2. The molecule has 0 N–H and O–H groups in total. The number of rotatable bonds is 10. The Morgan fingerprint density at radius 1 is 0.612 bits per heavy atom. The molecule has 5 nitrogen and oxygen atoms in total. The van der Waals surface area contributed by atoms with Crippen molar-refractivity contribution in [2.45, 2.75) is 77.1 Å². The molecule has 10 aromatic rings. The number of para-hydroxylation sites is 2. The van der Waals surface area contributed by atoms with Crippen molar-refractivity contribution in [3.05, 3.63) is 187 Å². The molecule has 339 valence electrons. The van der Waals surface area contributed by atoms with E-state index in [1.165, 1.54) is 33.5 Å². The quantitative estimate of drug-likeness (QED) is 0.101. The first-order valence-electron chi connectivity index (χ1n) is 23.3. The first kappa shape index (κ1) is 47.6. The Kier molecular flexibility index (Phi) is 14.3. The summed E-state index contributed by atoms with van der Waals surface area (Å²) in [5.74, 6) is 9.35. The minimum atomic E-state index is -1.86. The van der Waals surface area contributed by atoms with Crippen LogP contribution in [0.25, 0.3) is 83.8 Å². The van der Waals surface area contributed by atoms with E-state index in [1.54, 1.807) is 4.40 Å². The van der Waals surface area contributed by atoms with Crippen LogP contribution in [0.3, 0.4) is 0 Å². The first-order chi connectivity index (χ1) is 31.9. The molecule has 1 radical (unpaired) electrons. The van der Waals surface area contributed by atoms with Gasteiger partial charge in [-0.05, 0) is 70.5 Å². The van der Waals surface area contributed by atoms with Gasteiger partial charge in [-0.3, -0.25) is 4.98 Å². The zero-order valence-electron chi connectivity index (χ0n) is 40.0. The maximum absolute atomic E-state index is 6.62. The fraction of sp³-hybridized carbons (Fsp3) is 0.217. The maximum atomic E-state index is 6.62. The minimum Gasteiger partial charge on any atom is -0.486 e. The van der Waals surface area contributed by atoms with Crippen LogP contribution < -0.4 is 4.40 Å². The van der Waals surface area contributed by atoms with Crippen LogP contribution in [0, 0.1) is 18.1 Å². The van der Waals surface area contributed by atoms with Crippen LogP contribution in [0.4, 0.5) is 0 Å². The number of fused-ring (bicyclic) bond motifs is 4. The molecule has 0 bridgehead atoms. The largest absolute Gasteiger partial charge is 0.486 e. The number of imidazole rings is 1. The summed E-state index contributed by atoms with van der Waals surface area (Å²) in [7, 11) is 0. The summed E-state index contributed by atoms with van der Waals surface area (Å²) >= 11 is -1.86. The van der Waals surface area contributed by atoms with Crippen molar-refractivity contribution in [3.8, 4) is 50.7 Å². The van der Waals surface area contributed by atoms with Crippen LogP contribution in [-0.4, -0.2) is 32.8 Å². The molecule has 0 saturated carbocycles. The summed E-state index contributed by atoms with van der Waals surface area (Å²) in [6.45, 7) is 13.7. The van der Waals surface area contributed by atoms with Crippen LogP contribution in [0.5, 0.6) is 0 Å². The topological polar surface area (TPSA) is 56.7 Å². The Bertz CT molecular complexity index is 3260. The molecule has 0 atom stereocenters. The third-order valence-electron chi connectivity index (χ3n) is 12.3. The van der Waals surface area contributed by atoms with Gasteiger partial charge in [0.05, 0.1) is 28.1 Å². The van der Waals surface area contributed by atoms with Gasteiger partial charge in [-0.1, -0.05) is 111 Å². The van der Waals surface area contributed by atoms with E-state index in [-0.39, 0.29) is 31.9 Å². The summed E-state index contributed by atoms with van der Waals surface area (Å²) in [5, 5.41) is 1.98. The average molecular weight is 1120 g/mol. The number of hydrogen-bond acceptors (Lipinski definition) is 4. The molecule has 0 saturated heterocycles. The van der Waals surface area contributed by atoms with E-state index in [1.807, 2.05) is 42.5 Å². The van der Waals surface area contributed by atoms with Gasteiger partial charge in [0.1, 0.15) is 0 Å². The molecule has 10 rings (SSSR count). The Morgan fingerprint density at radius 2 is 1.27 bits per heavy atom. The van der Waals surface area contributed by atoms with Crippen molar-refractivity contribution in [1.82, 2.24) is 19.5 Å². The molecule has 67 heavy (non-hydrogen) atoms. The van der Waals surface area contributed by atoms with E-state index in [2.05, 4.69) is 191 Å². The molecule has 0 spiro atoms. The Hall–Kier alpha value is -5.92. The fourth-order valence-corrected chi connectivity index (χ4v) is 12.4. The molecular weight excluding hydrogens is 1060 g/mol. The van der Waals surface area contributed by atoms with E-state index in [4.69, 9.17) is 19.4 Å². The molecule has 0 aliphatic rings. The number of furan rings is 1. The second-order valence-corrected chi connectivity index (χ2v) is 30.0. The Balaban J connectivity index is 0.000000244. The summed E-state index contributed by atoms with van der Waals surface area (Å²) in [5.41, 5.74) is 15.9. The maximum Gasteiger partial charge on any atom is 0.216 e. The molecule has 4 heterocycles. The summed E-state index contributed by atoms with van der Waals surface area (Å²) in [4.78, 5) is 14.9. The molecule has 6 aromatic carbocycles. The third kappa shape index (κ3) is 9.90. The van der Waals surface area contributed by atoms with Crippen molar-refractivity contribution in [2.75, 3.05) is 0 Å². The van der Waals surface area contributed by atoms with Gasteiger partial charge in [-0.15, -0.1) is 18.2 Å². The Labute approximate surface area is 412 Å². The second-order valence-electron chi connectivity index (χ2n) is 19.4. The fourth-order valence-electron chi connectivity index (χ4n) is 9.07. The van der Waals surface area contributed by atoms with Gasteiger partial charge >= 0.3 is 126 Å². The summed E-state index contributed by atoms with van der Waals surface area (Å²) in [6.07, 6.45) is 3.27. The minimum absolute atomic E-state index is 0. The molecule has 0 unspecified atom stereocenters. The van der Waals surface area contributed by atoms with Gasteiger partial charge in [-0.2, -0.15) is 0 Å². The summed E-state index contributed by atoms with van der Waals surface area (Å²) < 4.78 is 10.5. The van der Waals surface area contributed by atoms with Crippen molar-refractivity contribution in [2.24, 2.45) is 5.92 Å². The average Bonchev–Trinajstić information content (AvgIpc) is 3.90. The molecule has 4 aromatic heterocycles. The van der Waals surface area contributed by atoms with Gasteiger partial charge in [0.2, 0.25) is 5.71 Å². The second kappa shape index (κ2) is 20.1. The molecule has 7 heteroatoms. The molecule has 0 fully saturated rings. The number of aromatic nitrogens is 4. The third-order valence-corrected chi connectivity index (χ3v) is 16.6. The monoisotopic (exact) mass is 1120 g/mol. The van der Waals surface area contributed by atoms with E-state index in [0.29, 0.717) is 11.6 Å². The predicted molar refractivity (Wildman–Crippen MR) is 279 cm³/mol. The van der Waals surface area contributed by atoms with Gasteiger partial charge < -0.3 is 8.98 Å². The molecule has 0 aliphatic carbocycles. The van der Waals surface area contributed by atoms with E-state index >= 15 is 0 Å². The van der Waals surface area contributed by atoms with Gasteiger partial charge in [0.25, 0.3) is 0 Å². The van der Waals surface area contributed by atoms with Crippen molar-refractivity contribution in [3.63, 3.8) is 0 Å². The zero-order chi connectivity index (χ0) is 46.1. The normalized spacial score (nSPS) is 11.7. The number of benzene rings is 6. The van der Waals surface area contributed by atoms with Crippen LogP contribution >= 0.6 is 0 Å². The molecule has 0 aliphatic heterocycles. The smallest absolute Gasteiger partial charge is 0.216 e. The van der Waals surface area contributed by atoms with Crippen LogP contribution in [0.2, 0.25) is 17.3 Å². The van der Waals surface area contributed by atoms with Gasteiger partial charge in [-0.25, -0.2) is 4.98 Å². The molecule has 0 amide bonds. The SMILES string of the molecule is CC(C)Cc1cc(-c2[c-]cccc2)nc[c]1[Ge]([CH3])([CH3])[CH3].CC(C)c1cc(-c2ccccc2)cc(C(C)C)c1-n1c(-c2[c-]ccc3c2oc2nc(-c4ccccc4)ccc23)nc2ccccc21.[Ir]. The van der Waals surface area contributed by atoms with E-state index < -0.39 is 13.3 Å². The Morgan fingerprint density at radius 3 is 1.91 bits per heavy atom. The van der Waals surface area contributed by atoms with Crippen LogP contribution in [-0.2, 0) is 26.5 Å². The van der Waals surface area contributed by atoms with Crippen molar-refractivity contribution in [1.29, 1.82) is 0 Å². The summed E-state index contributed by atoms with van der Waals surface area (Å²) in [6, 6.07) is 59.4. The number of hydrogen-bond donors (Lipinski definition) is 0. The van der Waals surface area contributed by atoms with E-state index in [9.17, 15) is 0 Å². The van der Waals surface area contributed by atoms with Crippen LogP contribution in [0.15, 0.2) is 162 Å². The number of nitrogens with zero attached hydrogens (tertiary/aromatic N) is 4. The van der Waals surface area contributed by atoms with Gasteiger partial charge in [0, 0.05) is 36.7 Å². The molecular formula is C60H58GeIrN4O-2. The van der Waals surface area contributed by atoms with E-state index in [0.717, 1.165) is 67.7 Å². The zero-order valence-corrected chi connectivity index (χ0v) is 44.5. The van der Waals surface area contributed by atoms with Crippen molar-refractivity contribution >= 4 is 50.8 Å². The van der Waals surface area contributed by atoms with Crippen LogP contribution in [0.1, 0.15) is 70.1 Å².